The molecular formula is C20H18F2N2O6S. The van der Waals surface area contributed by atoms with Gasteiger partial charge >= 0.3 is 6.61 Å². The number of furan rings is 1. The Bertz CT molecular complexity index is 1040. The van der Waals surface area contributed by atoms with E-state index < -0.39 is 17.8 Å². The summed E-state index contributed by atoms with van der Waals surface area (Å²) >= 11 is 0.743. The van der Waals surface area contributed by atoms with Crippen LogP contribution in [0.3, 0.4) is 0 Å². The number of aryl methyl sites for hydroxylation is 1. The van der Waals surface area contributed by atoms with Gasteiger partial charge < -0.3 is 19.2 Å². The van der Waals surface area contributed by atoms with Gasteiger partial charge in [0.1, 0.15) is 5.76 Å². The Morgan fingerprint density at radius 2 is 2.06 bits per heavy atom. The summed E-state index contributed by atoms with van der Waals surface area (Å²) in [6.07, 6.45) is 2.85. The number of carbonyl (C=O) groups is 3. The molecule has 0 aliphatic carbocycles. The summed E-state index contributed by atoms with van der Waals surface area (Å²) in [6.45, 7) is -1.29. The summed E-state index contributed by atoms with van der Waals surface area (Å²) in [5.74, 6) is -0.508. The fraction of sp³-hybridized carbons (Fsp3) is 0.250. The van der Waals surface area contributed by atoms with Crippen LogP contribution in [0.2, 0.25) is 0 Å². The fourth-order valence-electron chi connectivity index (χ4n) is 2.81. The number of nitrogens with one attached hydrogen (secondary N) is 1. The van der Waals surface area contributed by atoms with E-state index in [1.54, 1.807) is 6.92 Å². The van der Waals surface area contributed by atoms with Crippen molar-refractivity contribution >= 4 is 34.9 Å². The molecule has 3 rings (SSSR count). The van der Waals surface area contributed by atoms with Crippen LogP contribution < -0.4 is 14.8 Å². The van der Waals surface area contributed by atoms with Crippen molar-refractivity contribution in [1.29, 1.82) is 0 Å². The number of hydrogen-bond donors (Lipinski definition) is 1. The predicted molar refractivity (Wildman–Crippen MR) is 108 cm³/mol. The molecule has 0 saturated carbocycles. The molecular weight excluding hydrogens is 434 g/mol. The van der Waals surface area contributed by atoms with Crippen molar-refractivity contribution in [2.24, 2.45) is 0 Å². The lowest BCUT2D eigenvalue weighted by Crippen LogP contribution is -2.37. The van der Waals surface area contributed by atoms with Crippen LogP contribution in [0.15, 0.2) is 39.9 Å². The second kappa shape index (κ2) is 9.65. The van der Waals surface area contributed by atoms with Gasteiger partial charge in [-0.1, -0.05) is 6.07 Å². The van der Waals surface area contributed by atoms with E-state index >= 15 is 0 Å². The van der Waals surface area contributed by atoms with Crippen LogP contribution in [0, 0.1) is 6.92 Å². The highest BCUT2D eigenvalue weighted by Gasteiger charge is 2.34. The average Bonchev–Trinajstić information content (AvgIpc) is 3.26. The van der Waals surface area contributed by atoms with E-state index in [1.165, 1.54) is 43.7 Å². The molecule has 0 bridgehead atoms. The first-order valence-corrected chi connectivity index (χ1v) is 9.82. The fourth-order valence-corrected chi connectivity index (χ4v) is 3.67. The molecule has 31 heavy (non-hydrogen) atoms. The van der Waals surface area contributed by atoms with Gasteiger partial charge in [0.2, 0.25) is 0 Å². The Morgan fingerprint density at radius 3 is 2.71 bits per heavy atom. The third-order valence-corrected chi connectivity index (χ3v) is 5.21. The van der Waals surface area contributed by atoms with E-state index in [1.807, 2.05) is 0 Å². The van der Waals surface area contributed by atoms with E-state index in [4.69, 9.17) is 9.15 Å². The summed E-state index contributed by atoms with van der Waals surface area (Å²) in [6, 6.07) is 5.69. The number of halogens is 2. The van der Waals surface area contributed by atoms with Crippen LogP contribution in [0.1, 0.15) is 21.7 Å². The SMILES string of the molecule is COc1cc(/C=C2\SC(=O)N(CCNC(=O)c3ccoc3C)C2=O)ccc1OC(F)F. The smallest absolute Gasteiger partial charge is 0.387 e. The largest absolute Gasteiger partial charge is 0.493 e. The van der Waals surface area contributed by atoms with Crippen molar-refractivity contribution in [3.63, 3.8) is 0 Å². The second-order valence-electron chi connectivity index (χ2n) is 6.27. The van der Waals surface area contributed by atoms with Gasteiger partial charge in [-0.3, -0.25) is 19.3 Å². The quantitative estimate of drug-likeness (QED) is 0.611. The van der Waals surface area contributed by atoms with E-state index in [0.717, 1.165) is 16.7 Å². The molecule has 0 atom stereocenters. The van der Waals surface area contributed by atoms with Crippen LogP contribution in [-0.2, 0) is 4.79 Å². The van der Waals surface area contributed by atoms with Gasteiger partial charge in [-0.25, -0.2) is 0 Å². The molecule has 1 aliphatic heterocycles. The third kappa shape index (κ3) is 5.23. The zero-order chi connectivity index (χ0) is 22.5. The molecule has 0 radical (unpaired) electrons. The van der Waals surface area contributed by atoms with Gasteiger partial charge in [-0.05, 0) is 48.5 Å². The maximum Gasteiger partial charge on any atom is 0.387 e. The van der Waals surface area contributed by atoms with Gasteiger partial charge in [0.25, 0.3) is 17.1 Å². The molecule has 1 fully saturated rings. The molecule has 8 nitrogen and oxygen atoms in total. The van der Waals surface area contributed by atoms with E-state index in [2.05, 4.69) is 10.1 Å². The standard InChI is InChI=1S/C20H18F2N2O6S/c1-11-13(5-8-29-11)17(25)23-6-7-24-18(26)16(31-20(24)27)10-12-3-4-14(30-19(21)22)15(9-12)28-2/h3-5,8-10,19H,6-7H2,1-2H3,(H,23,25)/b16-10-. The van der Waals surface area contributed by atoms with Crippen LogP contribution in [0.4, 0.5) is 13.6 Å². The molecule has 1 aliphatic rings. The van der Waals surface area contributed by atoms with Crippen LogP contribution in [0.25, 0.3) is 6.08 Å². The zero-order valence-corrected chi connectivity index (χ0v) is 17.3. The van der Waals surface area contributed by atoms with Crippen molar-refractivity contribution in [3.8, 4) is 11.5 Å². The number of thioether (sulfide) groups is 1. The Balaban J connectivity index is 1.65. The molecule has 1 saturated heterocycles. The number of ether oxygens (including phenoxy) is 2. The maximum atomic E-state index is 12.6. The normalized spacial score (nSPS) is 15.1. The van der Waals surface area contributed by atoms with E-state index in [-0.39, 0.29) is 35.4 Å². The molecule has 11 heteroatoms. The monoisotopic (exact) mass is 452 g/mol. The Hall–Kier alpha value is -3.34. The molecule has 1 aromatic carbocycles. The molecule has 2 aromatic rings. The summed E-state index contributed by atoms with van der Waals surface area (Å²) < 4.78 is 39.3. The summed E-state index contributed by atoms with van der Waals surface area (Å²) in [4.78, 5) is 38.0. The maximum absolute atomic E-state index is 12.6. The summed E-state index contributed by atoms with van der Waals surface area (Å²) in [7, 11) is 1.30. The molecule has 2 heterocycles. The van der Waals surface area contributed by atoms with E-state index in [0.29, 0.717) is 16.9 Å². The number of rotatable bonds is 8. The second-order valence-corrected chi connectivity index (χ2v) is 7.26. The number of alkyl halides is 2. The third-order valence-electron chi connectivity index (χ3n) is 4.30. The average molecular weight is 452 g/mol. The predicted octanol–water partition coefficient (Wildman–Crippen LogP) is 3.66. The molecule has 1 aromatic heterocycles. The molecule has 1 N–H and O–H groups in total. The Kier molecular flexibility index (Phi) is 6.95. The number of nitrogens with zero attached hydrogens (tertiary/aromatic N) is 1. The number of amides is 3. The topological polar surface area (TPSA) is 98.1 Å². The lowest BCUT2D eigenvalue weighted by molar-refractivity contribution is -0.122. The molecule has 3 amide bonds. The molecule has 0 unspecified atom stereocenters. The molecule has 164 valence electrons. The Morgan fingerprint density at radius 1 is 1.29 bits per heavy atom. The molecule has 0 spiro atoms. The summed E-state index contributed by atoms with van der Waals surface area (Å²) in [5, 5.41) is 2.15. The van der Waals surface area contributed by atoms with Crippen molar-refractivity contribution in [2.75, 3.05) is 20.2 Å². The van der Waals surface area contributed by atoms with Gasteiger partial charge in [0, 0.05) is 13.1 Å². The van der Waals surface area contributed by atoms with Crippen LogP contribution in [0.5, 0.6) is 11.5 Å². The van der Waals surface area contributed by atoms with Crippen molar-refractivity contribution in [2.45, 2.75) is 13.5 Å². The highest BCUT2D eigenvalue weighted by atomic mass is 32.2. The van der Waals surface area contributed by atoms with Crippen molar-refractivity contribution < 1.29 is 37.1 Å². The van der Waals surface area contributed by atoms with Crippen molar-refractivity contribution in [3.05, 3.63) is 52.3 Å². The van der Waals surface area contributed by atoms with Crippen LogP contribution in [-0.4, -0.2) is 48.8 Å². The van der Waals surface area contributed by atoms with Gasteiger partial charge in [-0.2, -0.15) is 8.78 Å². The number of benzene rings is 1. The zero-order valence-electron chi connectivity index (χ0n) is 16.5. The highest BCUT2D eigenvalue weighted by Crippen LogP contribution is 2.34. The van der Waals surface area contributed by atoms with Crippen LogP contribution >= 0.6 is 11.8 Å². The minimum absolute atomic E-state index is 0.00483. The van der Waals surface area contributed by atoms with Gasteiger partial charge in [0.15, 0.2) is 11.5 Å². The number of methoxy groups -OCH3 is 1. The first-order chi connectivity index (χ1) is 14.8. The Labute approximate surface area is 180 Å². The highest BCUT2D eigenvalue weighted by molar-refractivity contribution is 8.18. The summed E-state index contributed by atoms with van der Waals surface area (Å²) in [5.41, 5.74) is 0.843. The van der Waals surface area contributed by atoms with Gasteiger partial charge in [-0.15, -0.1) is 0 Å². The number of imide groups is 1. The lowest BCUT2D eigenvalue weighted by atomic mass is 10.2. The minimum Gasteiger partial charge on any atom is -0.493 e. The first kappa shape index (κ1) is 22.3. The van der Waals surface area contributed by atoms with E-state index in [9.17, 15) is 23.2 Å². The lowest BCUT2D eigenvalue weighted by Gasteiger charge is -2.13. The minimum atomic E-state index is -3.01. The van der Waals surface area contributed by atoms with Gasteiger partial charge in [0.05, 0.1) is 23.8 Å². The van der Waals surface area contributed by atoms with Crippen molar-refractivity contribution in [1.82, 2.24) is 10.2 Å². The number of hydrogen-bond acceptors (Lipinski definition) is 7. The first-order valence-electron chi connectivity index (χ1n) is 9.00. The number of carbonyl (C=O) groups excluding carboxylic acids is 3.